The topological polar surface area (TPSA) is 161 Å². The number of nitrogens with two attached hydrogens (primary N) is 1. The van der Waals surface area contributed by atoms with Crippen LogP contribution in [-0.2, 0) is 10.0 Å². The smallest absolute Gasteiger partial charge is 0.268 e. The Morgan fingerprint density at radius 3 is 2.57 bits per heavy atom. The number of amides is 1. The number of aromatic nitrogens is 2. The molecule has 4 aliphatic heterocycles. The summed E-state index contributed by atoms with van der Waals surface area (Å²) in [5.74, 6) is 0.660. The fourth-order valence-corrected chi connectivity index (χ4v) is 12.2. The third-order valence-corrected chi connectivity index (χ3v) is 16.2. The minimum atomic E-state index is -4.39. The lowest BCUT2D eigenvalue weighted by Gasteiger charge is -2.56. The summed E-state index contributed by atoms with van der Waals surface area (Å²) in [6.07, 6.45) is 10.5. The lowest BCUT2D eigenvalue weighted by molar-refractivity contribution is -0.0227. The van der Waals surface area contributed by atoms with E-state index in [0.717, 1.165) is 69.7 Å². The van der Waals surface area contributed by atoms with Gasteiger partial charge in [0.15, 0.2) is 0 Å². The zero-order chi connectivity index (χ0) is 45.1. The summed E-state index contributed by atoms with van der Waals surface area (Å²) in [6.45, 7) is 14.6. The summed E-state index contributed by atoms with van der Waals surface area (Å²) in [6, 6.07) is 22.1. The maximum absolute atomic E-state index is 14.1. The Hall–Kier alpha value is -5.35. The van der Waals surface area contributed by atoms with Crippen LogP contribution < -0.4 is 30.1 Å². The molecule has 0 unspecified atom stereocenters. The van der Waals surface area contributed by atoms with Crippen LogP contribution >= 0.6 is 0 Å². The van der Waals surface area contributed by atoms with Crippen LogP contribution in [0.25, 0.3) is 11.0 Å². The normalized spacial score (nSPS) is 23.0. The number of aromatic amines is 1. The Kier molecular flexibility index (Phi) is 11.5. The van der Waals surface area contributed by atoms with E-state index in [-0.39, 0.29) is 21.9 Å². The summed E-state index contributed by atoms with van der Waals surface area (Å²) in [7, 11) is -2.27. The number of sulfonamides is 1. The van der Waals surface area contributed by atoms with Crippen molar-refractivity contribution in [3.63, 3.8) is 0 Å². The highest BCUT2D eigenvalue weighted by Gasteiger charge is 2.50. The van der Waals surface area contributed by atoms with Gasteiger partial charge in [-0.2, -0.15) is 0 Å². The molecule has 344 valence electrons. The van der Waals surface area contributed by atoms with Crippen molar-refractivity contribution in [3.05, 3.63) is 95.8 Å². The molecule has 1 spiro atoms. The van der Waals surface area contributed by atoms with Crippen LogP contribution in [0.5, 0.6) is 17.2 Å². The number of anilines is 3. The first-order chi connectivity index (χ1) is 31.2. The number of fused-ring (bicyclic) bond motifs is 2. The average Bonchev–Trinajstić information content (AvgIpc) is 3.97. The number of carbonyl (C=O) groups is 1. The van der Waals surface area contributed by atoms with Crippen LogP contribution in [0.1, 0.15) is 92.7 Å². The number of benzene rings is 3. The lowest BCUT2D eigenvalue weighted by Crippen LogP contribution is -2.56. The number of hydrogen-bond donors (Lipinski definition) is 4. The van der Waals surface area contributed by atoms with E-state index < -0.39 is 21.5 Å². The van der Waals surface area contributed by atoms with Crippen LogP contribution in [0.4, 0.5) is 17.1 Å². The van der Waals surface area contributed by atoms with Crippen molar-refractivity contribution in [1.82, 2.24) is 29.4 Å². The number of likely N-dealkylation sites (tertiary alicyclic amines) is 1. The number of likely N-dealkylation sites (N-methyl/N-ethyl adjacent to an activating group) is 1. The highest BCUT2D eigenvalue weighted by atomic mass is 32.2. The molecule has 2 aromatic heterocycles. The van der Waals surface area contributed by atoms with Gasteiger partial charge in [0, 0.05) is 87.3 Å². The summed E-state index contributed by atoms with van der Waals surface area (Å²) >= 11 is 0. The molecule has 0 radical (unpaired) electrons. The Morgan fingerprint density at radius 2 is 1.78 bits per heavy atom. The SMILES string of the molecule is CC(C)c1ccccc1[C@@H]1CCCN1C1CC2(CCN(c3ccc(C(=O)NS(=O)(=O)c4cc(N)c5c(c4)OC[C@](C)(CN4CCN(C)CC4)N5)c(Oc4cnc5[nH]ccc5c4)c3)CC2)C1. The number of nitrogens with zero attached hydrogens (tertiary/aromatic N) is 5. The van der Waals surface area contributed by atoms with Gasteiger partial charge in [-0.1, -0.05) is 38.1 Å². The van der Waals surface area contributed by atoms with Gasteiger partial charge in [0.1, 0.15) is 35.2 Å². The second-order valence-corrected chi connectivity index (χ2v) is 21.7. The monoisotopic (exact) mass is 901 g/mol. The van der Waals surface area contributed by atoms with Gasteiger partial charge in [0.2, 0.25) is 0 Å². The molecule has 5 N–H and O–H groups in total. The van der Waals surface area contributed by atoms with E-state index in [0.29, 0.717) is 52.9 Å². The summed E-state index contributed by atoms with van der Waals surface area (Å²) in [4.78, 5) is 31.4. The molecular formula is C50H63N9O5S. The van der Waals surface area contributed by atoms with Crippen molar-refractivity contribution in [2.45, 2.75) is 87.7 Å². The predicted molar refractivity (Wildman–Crippen MR) is 256 cm³/mol. The lowest BCUT2D eigenvalue weighted by atomic mass is 9.59. The van der Waals surface area contributed by atoms with Crippen LogP contribution in [0, 0.1) is 5.41 Å². The van der Waals surface area contributed by atoms with Gasteiger partial charge in [0.25, 0.3) is 15.9 Å². The van der Waals surface area contributed by atoms with E-state index in [1.165, 1.54) is 55.5 Å². The zero-order valence-electron chi connectivity index (χ0n) is 38.1. The van der Waals surface area contributed by atoms with Crippen LogP contribution in [0.3, 0.4) is 0 Å². The molecule has 4 fully saturated rings. The summed E-state index contributed by atoms with van der Waals surface area (Å²) in [5, 5.41) is 4.38. The number of pyridine rings is 1. The standard InChI is InChI=1S/C50H63N9O5S/c1-33(2)39-8-5-6-9-40(39)43-10-7-17-59(43)36-28-50(29-36)14-18-58(19-15-50)35-11-12-41(44(25-35)64-37-24-34-13-16-52-47(34)53-30-37)48(60)55-65(61,62)38-26-42(51)46-45(27-38)63-32-49(3,54-46)31-57-22-20-56(4)21-23-57/h5-6,8-9,11-13,16,24-27,30,33,36,43,54H,7,10,14-15,17-23,28-29,31-32,51H2,1-4H3,(H,52,53)(H,55,60)/t43-,49-/m0/s1. The van der Waals surface area contributed by atoms with E-state index in [1.807, 2.05) is 24.3 Å². The second-order valence-electron chi connectivity index (χ2n) is 20.0. The first kappa shape index (κ1) is 43.5. The van der Waals surface area contributed by atoms with Gasteiger partial charge in [-0.15, -0.1) is 0 Å². The highest BCUT2D eigenvalue weighted by molar-refractivity contribution is 7.90. The number of rotatable bonds is 11. The minimum Gasteiger partial charge on any atom is -0.489 e. The number of H-pyrrole nitrogens is 1. The number of piperidine rings is 1. The molecule has 3 saturated heterocycles. The number of hydrogen-bond acceptors (Lipinski definition) is 12. The maximum atomic E-state index is 14.1. The van der Waals surface area contributed by atoms with Gasteiger partial charge in [-0.05, 0) is 112 Å². The van der Waals surface area contributed by atoms with Crippen molar-refractivity contribution in [2.24, 2.45) is 5.41 Å². The quantitative estimate of drug-likeness (QED) is 0.0965. The summed E-state index contributed by atoms with van der Waals surface area (Å²) < 4.78 is 42.8. The molecule has 5 aromatic rings. The minimum absolute atomic E-state index is 0.0736. The van der Waals surface area contributed by atoms with E-state index in [4.69, 9.17) is 15.2 Å². The number of nitrogen functional groups attached to an aromatic ring is 1. The van der Waals surface area contributed by atoms with Crippen molar-refractivity contribution in [1.29, 1.82) is 0 Å². The van der Waals surface area contributed by atoms with Crippen molar-refractivity contribution in [3.8, 4) is 17.2 Å². The van der Waals surface area contributed by atoms with Crippen LogP contribution in [0.15, 0.2) is 84.0 Å². The molecule has 14 nitrogen and oxygen atoms in total. The van der Waals surface area contributed by atoms with Crippen molar-refractivity contribution < 1.29 is 22.7 Å². The van der Waals surface area contributed by atoms with Gasteiger partial charge >= 0.3 is 0 Å². The molecule has 6 heterocycles. The summed E-state index contributed by atoms with van der Waals surface area (Å²) in [5.41, 5.74) is 11.9. The van der Waals surface area contributed by atoms with Gasteiger partial charge < -0.3 is 35.3 Å². The Morgan fingerprint density at radius 1 is 1.00 bits per heavy atom. The Balaban J connectivity index is 0.837. The number of carbonyl (C=O) groups excluding carboxylic acids is 1. The molecule has 10 rings (SSSR count). The van der Waals surface area contributed by atoms with Crippen LogP contribution in [0.2, 0.25) is 0 Å². The first-order valence-corrected chi connectivity index (χ1v) is 24.9. The first-order valence-electron chi connectivity index (χ1n) is 23.4. The van der Waals surface area contributed by atoms with E-state index in [2.05, 4.69) is 91.7 Å². The molecule has 3 aromatic carbocycles. The fraction of sp³-hybridized carbons (Fsp3) is 0.480. The third-order valence-electron chi connectivity index (χ3n) is 14.9. The maximum Gasteiger partial charge on any atom is 0.268 e. The molecule has 0 bridgehead atoms. The van der Waals surface area contributed by atoms with Gasteiger partial charge in [-0.25, -0.2) is 18.1 Å². The molecule has 1 aliphatic carbocycles. The average molecular weight is 902 g/mol. The van der Waals surface area contributed by atoms with E-state index in [1.54, 1.807) is 18.5 Å². The van der Waals surface area contributed by atoms with Gasteiger partial charge in [-0.3, -0.25) is 14.6 Å². The molecule has 15 heteroatoms. The predicted octanol–water partition coefficient (Wildman–Crippen LogP) is 7.58. The molecular weight excluding hydrogens is 839 g/mol. The molecule has 1 saturated carbocycles. The third kappa shape index (κ3) is 8.75. The van der Waals surface area contributed by atoms with E-state index >= 15 is 0 Å². The fourth-order valence-electron chi connectivity index (χ4n) is 11.2. The van der Waals surface area contributed by atoms with Crippen molar-refractivity contribution in [2.75, 3.05) is 82.0 Å². The Bertz CT molecular complexity index is 2680. The number of ether oxygens (including phenoxy) is 2. The van der Waals surface area contributed by atoms with E-state index in [9.17, 15) is 13.2 Å². The molecule has 65 heavy (non-hydrogen) atoms. The number of piperazine rings is 1. The van der Waals surface area contributed by atoms with Crippen LogP contribution in [-0.4, -0.2) is 117 Å². The van der Waals surface area contributed by atoms with Gasteiger partial charge in [0.05, 0.1) is 27.9 Å². The molecule has 5 aliphatic rings. The highest BCUT2D eigenvalue weighted by Crippen LogP contribution is 2.54. The molecule has 2 atom stereocenters. The second kappa shape index (κ2) is 17.1. The molecule has 1 amide bonds. The van der Waals surface area contributed by atoms with Crippen molar-refractivity contribution >= 4 is 44.0 Å². The number of nitrogens with one attached hydrogen (secondary N) is 3. The Labute approximate surface area is 382 Å². The largest absolute Gasteiger partial charge is 0.489 e. The zero-order valence-corrected chi connectivity index (χ0v) is 38.9.